The molecule has 0 N–H and O–H groups in total. The Morgan fingerprint density at radius 3 is 2.90 bits per heavy atom. The Morgan fingerprint density at radius 1 is 1.70 bits per heavy atom. The van der Waals surface area contributed by atoms with Crippen LogP contribution < -0.4 is 0 Å². The summed E-state index contributed by atoms with van der Waals surface area (Å²) in [5.74, 6) is -0.466. The maximum Gasteiger partial charge on any atom is 0.369 e. The predicted molar refractivity (Wildman–Crippen MR) is 41.6 cm³/mol. The molecule has 0 radical (unpaired) electrons. The normalized spacial score (nSPS) is 10.6. The van der Waals surface area contributed by atoms with Gasteiger partial charge in [0.05, 0.1) is 0 Å². The lowest BCUT2D eigenvalue weighted by Crippen LogP contribution is -2.12. The van der Waals surface area contributed by atoms with Crippen LogP contribution in [0.1, 0.15) is 13.3 Å². The van der Waals surface area contributed by atoms with Gasteiger partial charge in [-0.15, -0.1) is 11.6 Å². The fourth-order valence-electron chi connectivity index (χ4n) is 0.349. The van der Waals surface area contributed by atoms with E-state index in [-0.39, 0.29) is 11.8 Å². The second-order valence-corrected chi connectivity index (χ2v) is 2.88. The number of rotatable bonds is 5. The van der Waals surface area contributed by atoms with Gasteiger partial charge in [-0.2, -0.15) is 0 Å². The molecule has 0 aliphatic rings. The minimum absolute atomic E-state index is 0.0809. The summed E-state index contributed by atoms with van der Waals surface area (Å²) in [5.41, 5.74) is 0. The maximum atomic E-state index is 10.4. The molecule has 60 valence electrons. The minimum atomic E-state index is -1.09. The number of carbonyl (C=O) groups excluding carboxylic acids is 1. The molecule has 0 spiro atoms. The van der Waals surface area contributed by atoms with Crippen molar-refractivity contribution in [2.24, 2.45) is 0 Å². The van der Waals surface area contributed by atoms with E-state index < -0.39 is 10.0 Å². The number of carbonyl (C=O) groups is 1. The average Bonchev–Trinajstić information content (AvgIpc) is 1.98. The van der Waals surface area contributed by atoms with Gasteiger partial charge in [-0.1, -0.05) is 6.92 Å². The zero-order valence-corrected chi connectivity index (χ0v) is 8.10. The number of hydrogen-bond acceptors (Lipinski definition) is 3. The Kier molecular flexibility index (Phi) is 7.00. The molecule has 0 aliphatic heterocycles. The van der Waals surface area contributed by atoms with Crippen molar-refractivity contribution >= 4 is 27.6 Å². The monoisotopic (exact) mass is 182 g/mol. The molecule has 3 nitrogen and oxygen atoms in total. The lowest BCUT2D eigenvalue weighted by atomic mass is 10.5. The van der Waals surface area contributed by atoms with E-state index in [1.54, 1.807) is 0 Å². The van der Waals surface area contributed by atoms with Crippen molar-refractivity contribution < 1.29 is 13.6 Å². The Bertz CT molecular complexity index is 98.9. The molecule has 0 heterocycles. The van der Waals surface area contributed by atoms with Crippen LogP contribution in [0.2, 0.25) is 0 Å². The van der Waals surface area contributed by atoms with Gasteiger partial charge in [0, 0.05) is 6.61 Å². The van der Waals surface area contributed by atoms with Crippen LogP contribution in [0.5, 0.6) is 0 Å². The lowest BCUT2D eigenvalue weighted by molar-refractivity contribution is -0.132. The molecular weight excluding hydrogens is 172 g/mol. The Morgan fingerprint density at radius 2 is 2.40 bits per heavy atom. The highest BCUT2D eigenvalue weighted by Gasteiger charge is 1.97. The molecule has 0 aromatic carbocycles. The Balaban J connectivity index is 2.96. The van der Waals surface area contributed by atoms with Crippen molar-refractivity contribution in [3.8, 4) is 0 Å². The Hall–Kier alpha value is -0.0631. The first-order chi connectivity index (χ1) is 4.81. The molecule has 0 saturated carbocycles. The second kappa shape index (κ2) is 7.05. The highest BCUT2D eigenvalue weighted by molar-refractivity contribution is 6.30. The largest absolute Gasteiger partial charge is 0.498 e. The van der Waals surface area contributed by atoms with Gasteiger partial charge in [0.25, 0.3) is 0 Å². The SMILES string of the molecule is CCCO[SiH2]OC(=O)CCl. The van der Waals surface area contributed by atoms with E-state index in [0.717, 1.165) is 6.42 Å². The van der Waals surface area contributed by atoms with E-state index in [1.165, 1.54) is 0 Å². The van der Waals surface area contributed by atoms with Crippen molar-refractivity contribution in [2.45, 2.75) is 13.3 Å². The van der Waals surface area contributed by atoms with Crippen molar-refractivity contribution in [3.05, 3.63) is 0 Å². The van der Waals surface area contributed by atoms with Gasteiger partial charge in [0.1, 0.15) is 5.88 Å². The van der Waals surface area contributed by atoms with E-state index >= 15 is 0 Å². The average molecular weight is 183 g/mol. The summed E-state index contributed by atoms with van der Waals surface area (Å²) in [6.45, 7) is 2.67. The van der Waals surface area contributed by atoms with Crippen molar-refractivity contribution in [3.63, 3.8) is 0 Å². The fraction of sp³-hybridized carbons (Fsp3) is 0.800. The highest BCUT2D eigenvalue weighted by Crippen LogP contribution is 1.83. The zero-order valence-electron chi connectivity index (χ0n) is 5.93. The lowest BCUT2D eigenvalue weighted by Gasteiger charge is -2.01. The van der Waals surface area contributed by atoms with Crippen LogP contribution in [0.25, 0.3) is 0 Å². The minimum Gasteiger partial charge on any atom is -0.498 e. The molecule has 0 unspecified atom stereocenters. The van der Waals surface area contributed by atoms with Crippen LogP contribution in [0, 0.1) is 0 Å². The van der Waals surface area contributed by atoms with Gasteiger partial charge < -0.3 is 8.85 Å². The van der Waals surface area contributed by atoms with E-state index in [4.69, 9.17) is 16.0 Å². The van der Waals surface area contributed by atoms with Gasteiger partial charge in [-0.3, -0.25) is 4.79 Å². The molecule has 0 aliphatic carbocycles. The van der Waals surface area contributed by atoms with Crippen molar-refractivity contribution in [1.82, 2.24) is 0 Å². The number of hydrogen-bond donors (Lipinski definition) is 0. The molecule has 0 atom stereocenters. The van der Waals surface area contributed by atoms with E-state index in [1.807, 2.05) is 6.92 Å². The summed E-state index contributed by atoms with van der Waals surface area (Å²) in [4.78, 5) is 10.4. The molecule has 5 heteroatoms. The van der Waals surface area contributed by atoms with Gasteiger partial charge in [-0.05, 0) is 6.42 Å². The van der Waals surface area contributed by atoms with Gasteiger partial charge in [0.2, 0.25) is 0 Å². The molecule has 0 bridgehead atoms. The summed E-state index contributed by atoms with van der Waals surface area (Å²) < 4.78 is 9.63. The molecule has 0 rings (SSSR count). The molecule has 0 aromatic heterocycles. The van der Waals surface area contributed by atoms with Gasteiger partial charge in [0.15, 0.2) is 0 Å². The van der Waals surface area contributed by atoms with Crippen LogP contribution in [0.15, 0.2) is 0 Å². The summed E-state index contributed by atoms with van der Waals surface area (Å²) in [7, 11) is -1.09. The summed E-state index contributed by atoms with van der Waals surface area (Å²) in [6, 6.07) is 0. The van der Waals surface area contributed by atoms with E-state index in [2.05, 4.69) is 4.43 Å². The fourth-order valence-corrected chi connectivity index (χ4v) is 1.28. The van der Waals surface area contributed by atoms with Crippen LogP contribution >= 0.6 is 11.6 Å². The highest BCUT2D eigenvalue weighted by atomic mass is 35.5. The second-order valence-electron chi connectivity index (χ2n) is 1.68. The molecule has 0 aromatic rings. The maximum absolute atomic E-state index is 10.4. The van der Waals surface area contributed by atoms with Crippen LogP contribution in [0.3, 0.4) is 0 Å². The molecule has 0 saturated heterocycles. The molecule has 0 fully saturated rings. The smallest absolute Gasteiger partial charge is 0.369 e. The Labute approximate surface area is 67.7 Å². The third-order valence-corrected chi connectivity index (χ3v) is 1.87. The predicted octanol–water partition coefficient (Wildman–Crippen LogP) is 0.194. The third-order valence-electron chi connectivity index (χ3n) is 0.761. The van der Waals surface area contributed by atoms with Gasteiger partial charge >= 0.3 is 16.0 Å². The molecule has 10 heavy (non-hydrogen) atoms. The summed E-state index contributed by atoms with van der Waals surface area (Å²) >= 11 is 5.16. The number of alkyl halides is 1. The summed E-state index contributed by atoms with van der Waals surface area (Å²) in [6.07, 6.45) is 0.950. The third kappa shape index (κ3) is 6.06. The standard InChI is InChI=1S/C5H11ClO3Si/c1-2-3-8-10-9-5(7)4-6/h2-4,10H2,1H3. The van der Waals surface area contributed by atoms with Crippen LogP contribution in [-0.4, -0.2) is 28.5 Å². The van der Waals surface area contributed by atoms with Crippen molar-refractivity contribution in [1.29, 1.82) is 0 Å². The first-order valence-electron chi connectivity index (χ1n) is 3.10. The first kappa shape index (κ1) is 9.94. The zero-order chi connectivity index (χ0) is 7.82. The first-order valence-corrected chi connectivity index (χ1v) is 4.79. The summed E-state index contributed by atoms with van der Waals surface area (Å²) in [5, 5.41) is 0. The molecular formula is C5H11ClO3Si. The van der Waals surface area contributed by atoms with E-state index in [0.29, 0.717) is 6.61 Å². The quantitative estimate of drug-likeness (QED) is 0.346. The van der Waals surface area contributed by atoms with Gasteiger partial charge in [-0.25, -0.2) is 0 Å². The number of halogens is 1. The van der Waals surface area contributed by atoms with E-state index in [9.17, 15) is 4.79 Å². The van der Waals surface area contributed by atoms with Crippen LogP contribution in [0.4, 0.5) is 0 Å². The van der Waals surface area contributed by atoms with Crippen molar-refractivity contribution in [2.75, 3.05) is 12.5 Å². The molecule has 0 amide bonds. The topological polar surface area (TPSA) is 35.5 Å². The van der Waals surface area contributed by atoms with Crippen LogP contribution in [-0.2, 0) is 13.6 Å².